The van der Waals surface area contributed by atoms with Crippen molar-refractivity contribution in [2.24, 2.45) is 17.8 Å². The van der Waals surface area contributed by atoms with Crippen LogP contribution in [0.25, 0.3) is 0 Å². The highest BCUT2D eigenvalue weighted by atomic mass is 16.6. The highest BCUT2D eigenvalue weighted by Gasteiger charge is 2.19. The Kier molecular flexibility index (Phi) is 42.3. The van der Waals surface area contributed by atoms with Crippen LogP contribution in [-0.4, -0.2) is 37.2 Å². The summed E-state index contributed by atoms with van der Waals surface area (Å²) in [5, 5.41) is 0. The van der Waals surface area contributed by atoms with E-state index in [0.717, 1.165) is 75.5 Å². The highest BCUT2D eigenvalue weighted by molar-refractivity contribution is 5.71. The molecule has 0 unspecified atom stereocenters. The molecule has 0 saturated carbocycles. The number of ether oxygens (including phenoxy) is 3. The quantitative estimate of drug-likeness (QED) is 0.0346. The van der Waals surface area contributed by atoms with Crippen LogP contribution in [0.15, 0.2) is 0 Å². The molecule has 344 valence electrons. The SMILES string of the molecule is CC(C)CCCCCCCCCCCCCCCCCC(=O)O[C@@H](COC(=O)CCCCCCCCCCCCC(C)C)COC(=O)CCCCCCCCC(C)C. The van der Waals surface area contributed by atoms with E-state index in [1.807, 2.05) is 0 Å². The summed E-state index contributed by atoms with van der Waals surface area (Å²) >= 11 is 0. The van der Waals surface area contributed by atoms with Crippen LogP contribution in [-0.2, 0) is 28.6 Å². The Hall–Kier alpha value is -1.59. The van der Waals surface area contributed by atoms with Gasteiger partial charge in [-0.05, 0) is 37.0 Å². The lowest BCUT2D eigenvalue weighted by Gasteiger charge is -2.18. The van der Waals surface area contributed by atoms with E-state index in [4.69, 9.17) is 14.2 Å². The molecule has 0 aliphatic carbocycles. The largest absolute Gasteiger partial charge is 0.462 e. The maximum atomic E-state index is 12.8. The molecule has 1 atom stereocenters. The van der Waals surface area contributed by atoms with Crippen molar-refractivity contribution in [3.8, 4) is 0 Å². The Labute approximate surface area is 361 Å². The number of carbonyl (C=O) groups excluding carboxylic acids is 3. The molecular formula is C52H100O6. The molecule has 0 radical (unpaired) electrons. The van der Waals surface area contributed by atoms with E-state index in [1.165, 1.54) is 161 Å². The van der Waals surface area contributed by atoms with Crippen LogP contribution in [0.1, 0.15) is 279 Å². The lowest BCUT2D eigenvalue weighted by Crippen LogP contribution is -2.30. The van der Waals surface area contributed by atoms with E-state index in [-0.39, 0.29) is 31.1 Å². The van der Waals surface area contributed by atoms with Gasteiger partial charge in [-0.2, -0.15) is 0 Å². The zero-order chi connectivity index (χ0) is 42.7. The summed E-state index contributed by atoms with van der Waals surface area (Å²) in [6.07, 6.45) is 42.5. The number of carbonyl (C=O) groups is 3. The fourth-order valence-corrected chi connectivity index (χ4v) is 7.76. The second-order valence-electron chi connectivity index (χ2n) is 19.2. The van der Waals surface area contributed by atoms with Crippen molar-refractivity contribution in [1.82, 2.24) is 0 Å². The third-order valence-corrected chi connectivity index (χ3v) is 11.6. The summed E-state index contributed by atoms with van der Waals surface area (Å²) in [5.41, 5.74) is 0. The monoisotopic (exact) mass is 821 g/mol. The Morgan fingerprint density at radius 1 is 0.293 bits per heavy atom. The van der Waals surface area contributed by atoms with Gasteiger partial charge in [-0.15, -0.1) is 0 Å². The van der Waals surface area contributed by atoms with E-state index >= 15 is 0 Å². The summed E-state index contributed by atoms with van der Waals surface area (Å²) in [4.78, 5) is 37.9. The molecule has 0 aliphatic rings. The van der Waals surface area contributed by atoms with Crippen LogP contribution >= 0.6 is 0 Å². The van der Waals surface area contributed by atoms with Gasteiger partial charge in [0.2, 0.25) is 0 Å². The van der Waals surface area contributed by atoms with Gasteiger partial charge in [-0.1, -0.05) is 241 Å². The highest BCUT2D eigenvalue weighted by Crippen LogP contribution is 2.17. The van der Waals surface area contributed by atoms with Gasteiger partial charge in [-0.3, -0.25) is 14.4 Å². The molecule has 0 N–H and O–H groups in total. The maximum absolute atomic E-state index is 12.8. The topological polar surface area (TPSA) is 78.9 Å². The molecule has 0 bridgehead atoms. The van der Waals surface area contributed by atoms with Crippen LogP contribution in [0, 0.1) is 17.8 Å². The molecule has 0 heterocycles. The van der Waals surface area contributed by atoms with Gasteiger partial charge in [0, 0.05) is 19.3 Å². The zero-order valence-electron chi connectivity index (χ0n) is 39.8. The van der Waals surface area contributed by atoms with Crippen LogP contribution in [0.4, 0.5) is 0 Å². The first-order chi connectivity index (χ1) is 28.1. The molecule has 6 heteroatoms. The summed E-state index contributed by atoms with van der Waals surface area (Å²) in [7, 11) is 0. The van der Waals surface area contributed by atoms with Gasteiger partial charge < -0.3 is 14.2 Å². The smallest absolute Gasteiger partial charge is 0.306 e. The van der Waals surface area contributed by atoms with Crippen LogP contribution < -0.4 is 0 Å². The minimum atomic E-state index is -0.763. The van der Waals surface area contributed by atoms with Crippen molar-refractivity contribution in [3.05, 3.63) is 0 Å². The van der Waals surface area contributed by atoms with Gasteiger partial charge in [0.25, 0.3) is 0 Å². The molecule has 0 rings (SSSR count). The Bertz CT molecular complexity index is 898. The summed E-state index contributed by atoms with van der Waals surface area (Å²) in [5.74, 6) is 1.57. The summed E-state index contributed by atoms with van der Waals surface area (Å²) in [6.45, 7) is 13.6. The van der Waals surface area contributed by atoms with Crippen molar-refractivity contribution < 1.29 is 28.6 Å². The molecular weight excluding hydrogens is 721 g/mol. The molecule has 0 spiro atoms. The molecule has 0 saturated heterocycles. The Morgan fingerprint density at radius 2 is 0.500 bits per heavy atom. The van der Waals surface area contributed by atoms with Gasteiger partial charge in [-0.25, -0.2) is 0 Å². The van der Waals surface area contributed by atoms with E-state index < -0.39 is 6.10 Å². The molecule has 0 aromatic heterocycles. The minimum Gasteiger partial charge on any atom is -0.462 e. The van der Waals surface area contributed by atoms with Gasteiger partial charge >= 0.3 is 17.9 Å². The number of rotatable bonds is 45. The Balaban J connectivity index is 4.26. The first kappa shape index (κ1) is 56.4. The summed E-state index contributed by atoms with van der Waals surface area (Å²) in [6, 6.07) is 0. The molecule has 6 nitrogen and oxygen atoms in total. The molecule has 0 fully saturated rings. The molecule has 0 amide bonds. The van der Waals surface area contributed by atoms with Crippen molar-refractivity contribution in [3.63, 3.8) is 0 Å². The predicted molar refractivity (Wildman–Crippen MR) is 247 cm³/mol. The first-order valence-electron chi connectivity index (χ1n) is 25.6. The molecule has 0 aromatic carbocycles. The average molecular weight is 821 g/mol. The van der Waals surface area contributed by atoms with E-state index in [2.05, 4.69) is 41.5 Å². The fourth-order valence-electron chi connectivity index (χ4n) is 7.76. The molecule has 0 aromatic rings. The normalized spacial score (nSPS) is 12.2. The van der Waals surface area contributed by atoms with Crippen LogP contribution in [0.5, 0.6) is 0 Å². The van der Waals surface area contributed by atoms with Crippen LogP contribution in [0.2, 0.25) is 0 Å². The number of hydrogen-bond donors (Lipinski definition) is 0. The van der Waals surface area contributed by atoms with Crippen molar-refractivity contribution in [2.45, 2.75) is 285 Å². The average Bonchev–Trinajstić information content (AvgIpc) is 3.18. The number of unbranched alkanes of at least 4 members (excludes halogenated alkanes) is 28. The second kappa shape index (κ2) is 43.5. The zero-order valence-corrected chi connectivity index (χ0v) is 39.8. The van der Waals surface area contributed by atoms with Gasteiger partial charge in [0.05, 0.1) is 0 Å². The predicted octanol–water partition coefficient (Wildman–Crippen LogP) is 16.4. The number of esters is 3. The third-order valence-electron chi connectivity index (χ3n) is 11.6. The first-order valence-corrected chi connectivity index (χ1v) is 25.6. The van der Waals surface area contributed by atoms with Crippen molar-refractivity contribution in [1.29, 1.82) is 0 Å². The minimum absolute atomic E-state index is 0.0656. The van der Waals surface area contributed by atoms with Gasteiger partial charge in [0.15, 0.2) is 6.10 Å². The molecule has 58 heavy (non-hydrogen) atoms. The van der Waals surface area contributed by atoms with E-state index in [0.29, 0.717) is 19.3 Å². The van der Waals surface area contributed by atoms with Crippen molar-refractivity contribution >= 4 is 17.9 Å². The Morgan fingerprint density at radius 3 is 0.741 bits per heavy atom. The van der Waals surface area contributed by atoms with Gasteiger partial charge in [0.1, 0.15) is 13.2 Å². The lowest BCUT2D eigenvalue weighted by molar-refractivity contribution is -0.167. The van der Waals surface area contributed by atoms with E-state index in [1.54, 1.807) is 0 Å². The second-order valence-corrected chi connectivity index (χ2v) is 19.2. The van der Waals surface area contributed by atoms with Crippen LogP contribution in [0.3, 0.4) is 0 Å². The van der Waals surface area contributed by atoms with Crippen molar-refractivity contribution in [2.75, 3.05) is 13.2 Å². The maximum Gasteiger partial charge on any atom is 0.306 e. The fraction of sp³-hybridized carbons (Fsp3) is 0.942. The van der Waals surface area contributed by atoms with E-state index in [9.17, 15) is 14.4 Å². The number of hydrogen-bond acceptors (Lipinski definition) is 6. The lowest BCUT2D eigenvalue weighted by atomic mass is 10.0. The standard InChI is InChI=1S/C52H100O6/c1-46(2)38-32-26-20-16-12-10-8-7-9-11-13-19-23-31-37-43-52(55)58-49(45-57-51(54)42-36-30-25-24-28-34-40-48(5)6)44-56-50(53)41-35-29-22-18-15-14-17-21-27-33-39-47(3)4/h46-49H,7-45H2,1-6H3/t49-/m0/s1. The summed E-state index contributed by atoms with van der Waals surface area (Å²) < 4.78 is 16.8. The third kappa shape index (κ3) is 45.5. The molecule has 0 aliphatic heterocycles.